The lowest BCUT2D eigenvalue weighted by Gasteiger charge is -2.35. The van der Waals surface area contributed by atoms with Crippen LogP contribution in [0.2, 0.25) is 0 Å². The van der Waals surface area contributed by atoms with Gasteiger partial charge in [0, 0.05) is 36.7 Å². The summed E-state index contributed by atoms with van der Waals surface area (Å²) in [5.74, 6) is -0.531. The molecular weight excluding hydrogens is 411 g/mol. The minimum atomic E-state index is -4.28. The van der Waals surface area contributed by atoms with Crippen LogP contribution in [0.1, 0.15) is 18.0 Å². The highest BCUT2D eigenvalue weighted by molar-refractivity contribution is 9.10. The second kappa shape index (κ2) is 9.27. The Bertz CT molecular complexity index is 448. The molecule has 1 atom stereocenters. The van der Waals surface area contributed by atoms with E-state index in [1.807, 2.05) is 0 Å². The second-order valence-electron chi connectivity index (χ2n) is 4.82. The van der Waals surface area contributed by atoms with Gasteiger partial charge in [-0.3, -0.25) is 4.90 Å². The van der Waals surface area contributed by atoms with Gasteiger partial charge < -0.3 is 5.32 Å². The first kappa shape index (κ1) is 21.9. The summed E-state index contributed by atoms with van der Waals surface area (Å²) in [5, 5.41) is 3.10. The van der Waals surface area contributed by atoms with E-state index in [1.165, 1.54) is 12.1 Å². The number of alkyl halides is 3. The maximum Gasteiger partial charge on any atom is 0.390 e. The minimum Gasteiger partial charge on any atom is -0.314 e. The highest BCUT2D eigenvalue weighted by Crippen LogP contribution is 2.35. The quantitative estimate of drug-likeness (QED) is 0.722. The molecule has 1 aliphatic heterocycles. The van der Waals surface area contributed by atoms with Gasteiger partial charge in [-0.05, 0) is 23.8 Å². The molecular formula is C13H17BrCl2F4N2. The van der Waals surface area contributed by atoms with Gasteiger partial charge in [-0.2, -0.15) is 13.2 Å². The minimum absolute atomic E-state index is 0. The van der Waals surface area contributed by atoms with Crippen LogP contribution in [0.3, 0.4) is 0 Å². The van der Waals surface area contributed by atoms with E-state index in [1.54, 1.807) is 11.0 Å². The summed E-state index contributed by atoms with van der Waals surface area (Å²) >= 11 is 3.13. The normalized spacial score (nSPS) is 17.3. The maximum absolute atomic E-state index is 13.4. The Morgan fingerprint density at radius 1 is 1.14 bits per heavy atom. The molecule has 1 fully saturated rings. The van der Waals surface area contributed by atoms with E-state index in [2.05, 4.69) is 21.2 Å². The van der Waals surface area contributed by atoms with Crippen molar-refractivity contribution in [2.75, 3.05) is 26.2 Å². The molecule has 0 spiro atoms. The zero-order valence-electron chi connectivity index (χ0n) is 11.5. The summed E-state index contributed by atoms with van der Waals surface area (Å²) in [6.45, 7) is 2.33. The molecule has 0 unspecified atom stereocenters. The Morgan fingerprint density at radius 2 is 1.73 bits per heavy atom. The maximum atomic E-state index is 13.4. The number of hydrogen-bond donors (Lipinski definition) is 1. The van der Waals surface area contributed by atoms with Gasteiger partial charge in [-0.15, -0.1) is 24.8 Å². The molecule has 0 aromatic heterocycles. The van der Waals surface area contributed by atoms with Crippen molar-refractivity contribution in [3.05, 3.63) is 34.1 Å². The van der Waals surface area contributed by atoms with Crippen molar-refractivity contribution in [2.45, 2.75) is 18.6 Å². The third-order valence-electron chi connectivity index (χ3n) is 3.29. The topological polar surface area (TPSA) is 15.3 Å². The zero-order valence-corrected chi connectivity index (χ0v) is 14.7. The van der Waals surface area contributed by atoms with Crippen LogP contribution in [0.25, 0.3) is 0 Å². The van der Waals surface area contributed by atoms with Crippen LogP contribution in [0, 0.1) is 5.82 Å². The Balaban J connectivity index is 0.00000220. The summed E-state index contributed by atoms with van der Waals surface area (Å²) in [6.07, 6.45) is -5.25. The molecule has 1 aromatic carbocycles. The lowest BCUT2D eigenvalue weighted by molar-refractivity contribution is -0.148. The predicted molar refractivity (Wildman–Crippen MR) is 86.5 cm³/mol. The monoisotopic (exact) mass is 426 g/mol. The number of hydrogen-bond acceptors (Lipinski definition) is 2. The smallest absolute Gasteiger partial charge is 0.314 e. The Hall–Kier alpha value is -0.0800. The summed E-state index contributed by atoms with van der Waals surface area (Å²) in [4.78, 5) is 1.76. The molecule has 0 amide bonds. The lowest BCUT2D eigenvalue weighted by atomic mass is 10.0. The average molecular weight is 428 g/mol. The first-order valence-corrected chi connectivity index (χ1v) is 7.12. The van der Waals surface area contributed by atoms with Gasteiger partial charge in [0.25, 0.3) is 0 Å². The van der Waals surface area contributed by atoms with E-state index in [0.29, 0.717) is 36.2 Å². The van der Waals surface area contributed by atoms with Gasteiger partial charge in [0.15, 0.2) is 0 Å². The number of nitrogens with one attached hydrogen (secondary N) is 1. The van der Waals surface area contributed by atoms with Crippen molar-refractivity contribution >= 4 is 40.7 Å². The molecule has 0 aliphatic carbocycles. The highest BCUT2D eigenvalue weighted by atomic mass is 79.9. The van der Waals surface area contributed by atoms with Crippen molar-refractivity contribution in [3.8, 4) is 0 Å². The van der Waals surface area contributed by atoms with Gasteiger partial charge in [-0.25, -0.2) is 4.39 Å². The van der Waals surface area contributed by atoms with Crippen LogP contribution in [0.5, 0.6) is 0 Å². The largest absolute Gasteiger partial charge is 0.390 e. The molecule has 1 saturated heterocycles. The van der Waals surface area contributed by atoms with Gasteiger partial charge >= 0.3 is 6.18 Å². The average Bonchev–Trinajstić information content (AvgIpc) is 2.35. The fourth-order valence-corrected chi connectivity index (χ4v) is 2.92. The molecule has 0 saturated carbocycles. The number of benzene rings is 1. The first-order chi connectivity index (χ1) is 9.35. The van der Waals surface area contributed by atoms with Crippen LogP contribution in [0.15, 0.2) is 22.7 Å². The molecule has 1 aliphatic rings. The van der Waals surface area contributed by atoms with Crippen molar-refractivity contribution in [1.82, 2.24) is 10.2 Å². The predicted octanol–water partition coefficient (Wildman–Crippen LogP) is 4.33. The van der Waals surface area contributed by atoms with E-state index in [0.717, 1.165) is 0 Å². The first-order valence-electron chi connectivity index (χ1n) is 6.33. The fourth-order valence-electron chi connectivity index (χ4n) is 2.44. The standard InChI is InChI=1S/C13H15BrF4N2.2ClH/c14-10-5-9(6-11(15)7-10)12(8-13(16,17)18)20-3-1-19-2-4-20;;/h5-7,12,19H,1-4,8H2;2*1H/t12-;;/m0../s1. The van der Waals surface area contributed by atoms with Crippen LogP contribution in [0.4, 0.5) is 17.6 Å². The lowest BCUT2D eigenvalue weighted by Crippen LogP contribution is -2.46. The van der Waals surface area contributed by atoms with Crippen LogP contribution in [-0.2, 0) is 0 Å². The Morgan fingerprint density at radius 3 is 2.23 bits per heavy atom. The number of nitrogens with zero attached hydrogens (tertiary/aromatic N) is 1. The molecule has 22 heavy (non-hydrogen) atoms. The van der Waals surface area contributed by atoms with E-state index in [-0.39, 0.29) is 24.8 Å². The molecule has 0 bridgehead atoms. The zero-order chi connectivity index (χ0) is 14.8. The molecule has 1 heterocycles. The molecule has 9 heteroatoms. The number of piperazine rings is 1. The van der Waals surface area contributed by atoms with E-state index in [9.17, 15) is 17.6 Å². The third kappa shape index (κ3) is 6.58. The van der Waals surface area contributed by atoms with Crippen LogP contribution >= 0.6 is 40.7 Å². The molecule has 128 valence electrons. The molecule has 1 aromatic rings. The summed E-state index contributed by atoms with van der Waals surface area (Å²) < 4.78 is 52.3. The van der Waals surface area contributed by atoms with Crippen molar-refractivity contribution < 1.29 is 17.6 Å². The van der Waals surface area contributed by atoms with Crippen molar-refractivity contribution in [3.63, 3.8) is 0 Å². The van der Waals surface area contributed by atoms with E-state index >= 15 is 0 Å². The third-order valence-corrected chi connectivity index (χ3v) is 3.74. The van der Waals surface area contributed by atoms with Crippen molar-refractivity contribution in [1.29, 1.82) is 0 Å². The summed E-state index contributed by atoms with van der Waals surface area (Å²) in [6, 6.07) is 3.14. The number of halogens is 7. The van der Waals surface area contributed by atoms with Gasteiger partial charge in [-0.1, -0.05) is 15.9 Å². The van der Waals surface area contributed by atoms with Gasteiger partial charge in [0.05, 0.1) is 6.42 Å². The van der Waals surface area contributed by atoms with Crippen LogP contribution < -0.4 is 5.32 Å². The molecule has 2 nitrogen and oxygen atoms in total. The Kier molecular flexibility index (Phi) is 9.24. The van der Waals surface area contributed by atoms with Gasteiger partial charge in [0.1, 0.15) is 5.82 Å². The Labute approximate surface area is 147 Å². The van der Waals surface area contributed by atoms with Crippen molar-refractivity contribution in [2.24, 2.45) is 0 Å². The molecule has 1 N–H and O–H groups in total. The highest BCUT2D eigenvalue weighted by Gasteiger charge is 2.36. The SMILES string of the molecule is Cl.Cl.Fc1cc(Br)cc([C@H](CC(F)(F)F)N2CCNCC2)c1. The van der Waals surface area contributed by atoms with E-state index < -0.39 is 24.5 Å². The van der Waals surface area contributed by atoms with Crippen LogP contribution in [-0.4, -0.2) is 37.3 Å². The summed E-state index contributed by atoms with van der Waals surface area (Å²) in [7, 11) is 0. The van der Waals surface area contributed by atoms with E-state index in [4.69, 9.17) is 0 Å². The summed E-state index contributed by atoms with van der Waals surface area (Å²) in [5.41, 5.74) is 0.358. The number of rotatable bonds is 3. The molecule has 0 radical (unpaired) electrons. The molecule has 2 rings (SSSR count). The second-order valence-corrected chi connectivity index (χ2v) is 5.74. The fraction of sp³-hybridized carbons (Fsp3) is 0.538. The van der Waals surface area contributed by atoms with Gasteiger partial charge in [0.2, 0.25) is 0 Å².